The molecule has 0 aromatic heterocycles. The average molecular weight is 270 g/mol. The molecule has 2 aromatic carbocycles. The molecule has 2 aromatic rings. The normalized spacial score (nSPS) is 13.2. The van der Waals surface area contributed by atoms with E-state index in [0.717, 1.165) is 36.0 Å². The number of fused-ring (bicyclic) bond motifs is 1. The summed E-state index contributed by atoms with van der Waals surface area (Å²) in [6, 6.07) is 12.1. The molecule has 0 aliphatic carbocycles. The summed E-state index contributed by atoms with van der Waals surface area (Å²) in [7, 11) is 3.29. The van der Waals surface area contributed by atoms with Gasteiger partial charge in [0.15, 0.2) is 11.5 Å². The molecule has 2 N–H and O–H groups in total. The Labute approximate surface area is 118 Å². The van der Waals surface area contributed by atoms with Crippen molar-refractivity contribution in [2.24, 2.45) is 0 Å². The molecule has 0 saturated heterocycles. The lowest BCUT2D eigenvalue weighted by Gasteiger charge is -2.19. The van der Waals surface area contributed by atoms with Gasteiger partial charge in [-0.2, -0.15) is 0 Å². The first-order chi connectivity index (χ1) is 9.72. The monoisotopic (exact) mass is 270 g/mol. The van der Waals surface area contributed by atoms with Crippen LogP contribution in [0.4, 0.5) is 11.4 Å². The largest absolute Gasteiger partial charge is 0.493 e. The van der Waals surface area contributed by atoms with Gasteiger partial charge < -0.3 is 20.1 Å². The second-order valence-electron chi connectivity index (χ2n) is 4.88. The SMILES string of the molecule is COc1ccc(N2Cc3cccc(N)c3C2)cc1OC. The van der Waals surface area contributed by atoms with Gasteiger partial charge in [-0.15, -0.1) is 0 Å². The Hall–Kier alpha value is -2.36. The van der Waals surface area contributed by atoms with E-state index < -0.39 is 0 Å². The summed E-state index contributed by atoms with van der Waals surface area (Å²) in [6.07, 6.45) is 0. The molecular weight excluding hydrogens is 252 g/mol. The lowest BCUT2D eigenvalue weighted by atomic mass is 10.1. The number of nitrogens with two attached hydrogens (primary N) is 1. The van der Waals surface area contributed by atoms with Crippen LogP contribution in [0.2, 0.25) is 0 Å². The molecule has 0 unspecified atom stereocenters. The van der Waals surface area contributed by atoms with Crippen molar-refractivity contribution in [2.75, 3.05) is 24.9 Å². The number of anilines is 2. The van der Waals surface area contributed by atoms with Crippen LogP contribution in [0.5, 0.6) is 11.5 Å². The van der Waals surface area contributed by atoms with Gasteiger partial charge in [-0.3, -0.25) is 0 Å². The minimum absolute atomic E-state index is 0.743. The zero-order valence-electron chi connectivity index (χ0n) is 11.7. The maximum absolute atomic E-state index is 6.04. The molecule has 0 atom stereocenters. The van der Waals surface area contributed by atoms with Crippen molar-refractivity contribution in [3.63, 3.8) is 0 Å². The smallest absolute Gasteiger partial charge is 0.162 e. The molecular formula is C16H18N2O2. The molecule has 1 heterocycles. The van der Waals surface area contributed by atoms with Crippen LogP contribution >= 0.6 is 0 Å². The van der Waals surface area contributed by atoms with Gasteiger partial charge in [0.05, 0.1) is 14.2 Å². The second-order valence-corrected chi connectivity index (χ2v) is 4.88. The van der Waals surface area contributed by atoms with E-state index in [1.54, 1.807) is 14.2 Å². The van der Waals surface area contributed by atoms with Gasteiger partial charge in [0.1, 0.15) is 0 Å². The molecule has 1 aliphatic rings. The lowest BCUT2D eigenvalue weighted by Crippen LogP contribution is -2.14. The molecule has 1 aliphatic heterocycles. The van der Waals surface area contributed by atoms with Crippen LogP contribution in [0.25, 0.3) is 0 Å². The Balaban J connectivity index is 1.91. The van der Waals surface area contributed by atoms with Gasteiger partial charge in [-0.05, 0) is 29.3 Å². The third-order valence-electron chi connectivity index (χ3n) is 3.75. The van der Waals surface area contributed by atoms with Crippen molar-refractivity contribution in [3.05, 3.63) is 47.5 Å². The number of hydrogen-bond acceptors (Lipinski definition) is 4. The molecule has 0 fully saturated rings. The maximum atomic E-state index is 6.04. The maximum Gasteiger partial charge on any atom is 0.162 e. The molecule has 4 heteroatoms. The topological polar surface area (TPSA) is 47.7 Å². The Kier molecular flexibility index (Phi) is 3.14. The van der Waals surface area contributed by atoms with Crippen molar-refractivity contribution in [3.8, 4) is 11.5 Å². The van der Waals surface area contributed by atoms with Crippen LogP contribution in [0.15, 0.2) is 36.4 Å². The second kappa shape index (κ2) is 4.96. The summed E-state index contributed by atoms with van der Waals surface area (Å²) in [6.45, 7) is 1.70. The summed E-state index contributed by atoms with van der Waals surface area (Å²) in [5.41, 5.74) is 10.5. The lowest BCUT2D eigenvalue weighted by molar-refractivity contribution is 0.355. The van der Waals surface area contributed by atoms with Crippen molar-refractivity contribution in [2.45, 2.75) is 13.1 Å². The number of rotatable bonds is 3. The third kappa shape index (κ3) is 2.03. The number of hydrogen-bond donors (Lipinski definition) is 1. The number of benzene rings is 2. The number of ether oxygens (including phenoxy) is 2. The summed E-state index contributed by atoms with van der Waals surface area (Å²) < 4.78 is 10.6. The van der Waals surface area contributed by atoms with Crippen molar-refractivity contribution in [1.82, 2.24) is 0 Å². The number of methoxy groups -OCH3 is 2. The van der Waals surface area contributed by atoms with Crippen LogP contribution in [0.1, 0.15) is 11.1 Å². The quantitative estimate of drug-likeness (QED) is 0.871. The fourth-order valence-corrected chi connectivity index (χ4v) is 2.65. The van der Waals surface area contributed by atoms with Crippen LogP contribution in [0, 0.1) is 0 Å². The Morgan fingerprint density at radius 1 is 1.00 bits per heavy atom. The van der Waals surface area contributed by atoms with Gasteiger partial charge in [0.2, 0.25) is 0 Å². The standard InChI is InChI=1S/C16H18N2O2/c1-19-15-7-6-12(8-16(15)20-2)18-9-11-4-3-5-14(17)13(11)10-18/h3-8H,9-10,17H2,1-2H3. The minimum Gasteiger partial charge on any atom is -0.493 e. The van der Waals surface area contributed by atoms with E-state index in [-0.39, 0.29) is 0 Å². The zero-order valence-corrected chi connectivity index (χ0v) is 11.7. The van der Waals surface area contributed by atoms with E-state index in [1.165, 1.54) is 11.1 Å². The highest BCUT2D eigenvalue weighted by molar-refractivity contribution is 5.62. The predicted octanol–water partition coefficient (Wildman–Crippen LogP) is 2.81. The molecule has 0 radical (unpaired) electrons. The Bertz CT molecular complexity index is 640. The molecule has 0 spiro atoms. The van der Waals surface area contributed by atoms with Crippen LogP contribution in [0.3, 0.4) is 0 Å². The Morgan fingerprint density at radius 3 is 2.50 bits per heavy atom. The Morgan fingerprint density at radius 2 is 1.80 bits per heavy atom. The van der Waals surface area contributed by atoms with E-state index >= 15 is 0 Å². The third-order valence-corrected chi connectivity index (χ3v) is 3.75. The fraction of sp³-hybridized carbons (Fsp3) is 0.250. The highest BCUT2D eigenvalue weighted by Gasteiger charge is 2.21. The van der Waals surface area contributed by atoms with E-state index in [1.807, 2.05) is 30.3 Å². The first kappa shape index (κ1) is 12.7. The van der Waals surface area contributed by atoms with E-state index in [9.17, 15) is 0 Å². The predicted molar refractivity (Wildman–Crippen MR) is 80.3 cm³/mol. The van der Waals surface area contributed by atoms with Crippen molar-refractivity contribution >= 4 is 11.4 Å². The van der Waals surface area contributed by atoms with Gasteiger partial charge >= 0.3 is 0 Å². The first-order valence-electron chi connectivity index (χ1n) is 6.56. The van der Waals surface area contributed by atoms with Crippen LogP contribution in [-0.2, 0) is 13.1 Å². The molecule has 104 valence electrons. The van der Waals surface area contributed by atoms with E-state index in [0.29, 0.717) is 0 Å². The van der Waals surface area contributed by atoms with Gasteiger partial charge in [-0.25, -0.2) is 0 Å². The highest BCUT2D eigenvalue weighted by Crippen LogP contribution is 2.36. The summed E-state index contributed by atoms with van der Waals surface area (Å²) in [5, 5.41) is 0. The summed E-state index contributed by atoms with van der Waals surface area (Å²) in [5.74, 6) is 1.49. The van der Waals surface area contributed by atoms with Crippen molar-refractivity contribution in [1.29, 1.82) is 0 Å². The molecule has 3 rings (SSSR count). The molecule has 0 saturated carbocycles. The number of nitrogens with zero attached hydrogens (tertiary/aromatic N) is 1. The van der Waals surface area contributed by atoms with Crippen LogP contribution < -0.4 is 20.1 Å². The van der Waals surface area contributed by atoms with Crippen LogP contribution in [-0.4, -0.2) is 14.2 Å². The molecule has 4 nitrogen and oxygen atoms in total. The molecule has 0 amide bonds. The van der Waals surface area contributed by atoms with E-state index in [2.05, 4.69) is 11.0 Å². The fourth-order valence-electron chi connectivity index (χ4n) is 2.65. The summed E-state index contributed by atoms with van der Waals surface area (Å²) >= 11 is 0. The minimum atomic E-state index is 0.743. The van der Waals surface area contributed by atoms with Gasteiger partial charge in [0, 0.05) is 30.5 Å². The number of nitrogen functional groups attached to an aromatic ring is 1. The average Bonchev–Trinajstić information content (AvgIpc) is 2.92. The van der Waals surface area contributed by atoms with Gasteiger partial charge in [-0.1, -0.05) is 12.1 Å². The van der Waals surface area contributed by atoms with E-state index in [4.69, 9.17) is 15.2 Å². The first-order valence-corrected chi connectivity index (χ1v) is 6.56. The highest BCUT2D eigenvalue weighted by atomic mass is 16.5. The summed E-state index contributed by atoms with van der Waals surface area (Å²) in [4.78, 5) is 2.28. The molecule has 0 bridgehead atoms. The van der Waals surface area contributed by atoms with Crippen molar-refractivity contribution < 1.29 is 9.47 Å². The zero-order chi connectivity index (χ0) is 14.1. The van der Waals surface area contributed by atoms with Gasteiger partial charge in [0.25, 0.3) is 0 Å². The molecule has 20 heavy (non-hydrogen) atoms.